The molecule has 7 heteroatoms. The van der Waals surface area contributed by atoms with E-state index in [-0.39, 0.29) is 0 Å². The van der Waals surface area contributed by atoms with Crippen molar-refractivity contribution in [2.24, 2.45) is 0 Å². The number of imide groups is 1. The minimum Gasteiger partial charge on any atom is -0.323 e. The van der Waals surface area contributed by atoms with E-state index in [1.165, 1.54) is 19.0 Å². The Labute approximate surface area is 80.0 Å². The van der Waals surface area contributed by atoms with Crippen LogP contribution >= 0.6 is 0 Å². The summed E-state index contributed by atoms with van der Waals surface area (Å²) in [5.74, 6) is -0.392. The van der Waals surface area contributed by atoms with Gasteiger partial charge in [-0.05, 0) is 0 Å². The van der Waals surface area contributed by atoms with Crippen LogP contribution in [0, 0.1) is 0 Å². The Morgan fingerprint density at radius 3 is 2.43 bits per heavy atom. The van der Waals surface area contributed by atoms with Crippen LogP contribution in [0.4, 0.5) is 9.59 Å². The van der Waals surface area contributed by atoms with Gasteiger partial charge >= 0.3 is 12.1 Å². The largest absolute Gasteiger partial charge is 0.327 e. The van der Waals surface area contributed by atoms with Crippen molar-refractivity contribution in [2.45, 2.75) is 12.2 Å². The molecule has 0 spiro atoms. The first-order chi connectivity index (χ1) is 6.52. The molecule has 2 fully saturated rings. The number of nitrogens with zero attached hydrogens (tertiary/aromatic N) is 2. The van der Waals surface area contributed by atoms with Gasteiger partial charge in [0.15, 0.2) is 0 Å². The van der Waals surface area contributed by atoms with Crippen LogP contribution in [-0.2, 0) is 4.79 Å². The first kappa shape index (κ1) is 8.79. The lowest BCUT2D eigenvalue weighted by atomic mass is 10.1. The third-order valence-corrected chi connectivity index (χ3v) is 2.48. The highest BCUT2D eigenvalue weighted by molar-refractivity contribution is 6.03. The number of carbonyl (C=O) groups is 3. The molecule has 0 bridgehead atoms. The van der Waals surface area contributed by atoms with Crippen molar-refractivity contribution in [3.8, 4) is 0 Å². The Bertz CT molecular complexity index is 329. The van der Waals surface area contributed by atoms with E-state index in [2.05, 4.69) is 10.6 Å². The summed E-state index contributed by atoms with van der Waals surface area (Å²) in [4.78, 5) is 36.3. The molecule has 0 aromatic heterocycles. The first-order valence-corrected chi connectivity index (χ1v) is 4.14. The fraction of sp³-hybridized carbons (Fsp3) is 0.571. The van der Waals surface area contributed by atoms with E-state index in [0.29, 0.717) is 0 Å². The maximum atomic E-state index is 11.5. The number of likely N-dealkylation sites (N-methyl/N-ethyl adjacent to an activating group) is 2. The average molecular weight is 198 g/mol. The minimum absolute atomic E-state index is 0.392. The van der Waals surface area contributed by atoms with Crippen LogP contribution in [0.1, 0.15) is 0 Å². The molecule has 7 nitrogen and oxygen atoms in total. The van der Waals surface area contributed by atoms with E-state index in [1.807, 2.05) is 0 Å². The Hall–Kier alpha value is -1.79. The quantitative estimate of drug-likeness (QED) is 0.498. The number of carbonyl (C=O) groups excluding carboxylic acids is 3. The number of urea groups is 2. The molecule has 0 radical (unpaired) electrons. The molecule has 0 aromatic rings. The molecule has 2 N–H and O–H groups in total. The van der Waals surface area contributed by atoms with E-state index < -0.39 is 30.2 Å². The molecule has 2 atom stereocenters. The van der Waals surface area contributed by atoms with Gasteiger partial charge in [-0.15, -0.1) is 0 Å². The molecule has 0 unspecified atom stereocenters. The van der Waals surface area contributed by atoms with Crippen molar-refractivity contribution in [3.05, 3.63) is 0 Å². The van der Waals surface area contributed by atoms with Crippen LogP contribution < -0.4 is 10.6 Å². The fourth-order valence-electron chi connectivity index (χ4n) is 1.66. The molecule has 2 saturated heterocycles. The second-order valence-corrected chi connectivity index (χ2v) is 3.33. The zero-order valence-corrected chi connectivity index (χ0v) is 7.77. The van der Waals surface area contributed by atoms with E-state index >= 15 is 0 Å². The molecule has 2 rings (SSSR count). The van der Waals surface area contributed by atoms with Crippen molar-refractivity contribution in [3.63, 3.8) is 0 Å². The smallest absolute Gasteiger partial charge is 0.323 e. The molecular formula is C7H10N4O3. The number of hydrogen-bond donors (Lipinski definition) is 2. The molecule has 5 amide bonds. The predicted molar refractivity (Wildman–Crippen MR) is 45.2 cm³/mol. The number of nitrogens with one attached hydrogen (secondary N) is 2. The van der Waals surface area contributed by atoms with Crippen LogP contribution in [0.5, 0.6) is 0 Å². The lowest BCUT2D eigenvalue weighted by molar-refractivity contribution is -0.133. The summed E-state index contributed by atoms with van der Waals surface area (Å²) in [7, 11) is 2.93. The molecule has 2 heterocycles. The van der Waals surface area contributed by atoms with Crippen molar-refractivity contribution in [1.29, 1.82) is 0 Å². The molecule has 0 aliphatic carbocycles. The van der Waals surface area contributed by atoms with Crippen molar-refractivity contribution in [1.82, 2.24) is 20.4 Å². The van der Waals surface area contributed by atoms with E-state index in [0.717, 1.165) is 4.90 Å². The zero-order chi connectivity index (χ0) is 10.5. The van der Waals surface area contributed by atoms with Crippen LogP contribution in [0.3, 0.4) is 0 Å². The van der Waals surface area contributed by atoms with Crippen LogP contribution in [0.2, 0.25) is 0 Å². The summed E-state index contributed by atoms with van der Waals surface area (Å²) in [6, 6.07) is -1.52. The Morgan fingerprint density at radius 1 is 1.14 bits per heavy atom. The van der Waals surface area contributed by atoms with Crippen molar-refractivity contribution in [2.75, 3.05) is 14.1 Å². The minimum atomic E-state index is -0.671. The maximum absolute atomic E-state index is 11.5. The highest BCUT2D eigenvalue weighted by Gasteiger charge is 2.48. The van der Waals surface area contributed by atoms with Gasteiger partial charge in [0, 0.05) is 14.1 Å². The monoisotopic (exact) mass is 198 g/mol. The standard InChI is InChI=1S/C7H10N4O3/c1-10-4-3(8-6(13)9-4)5(12)11(2)7(10)14/h3-4H,1-2H3,(H2,8,9,13)/t3-,4-/m0/s1. The fourth-order valence-corrected chi connectivity index (χ4v) is 1.66. The molecule has 2 aliphatic heterocycles. The third kappa shape index (κ3) is 0.949. The average Bonchev–Trinajstić information content (AvgIpc) is 2.54. The number of amides is 5. The predicted octanol–water partition coefficient (Wildman–Crippen LogP) is -1.48. The zero-order valence-electron chi connectivity index (χ0n) is 7.77. The van der Waals surface area contributed by atoms with Crippen molar-refractivity contribution >= 4 is 18.0 Å². The summed E-state index contributed by atoms with van der Waals surface area (Å²) in [5.41, 5.74) is 0. The van der Waals surface area contributed by atoms with Gasteiger partial charge in [-0.1, -0.05) is 0 Å². The van der Waals surface area contributed by atoms with Gasteiger partial charge in [0.05, 0.1) is 0 Å². The topological polar surface area (TPSA) is 81.8 Å². The summed E-state index contributed by atoms with van der Waals surface area (Å²) >= 11 is 0. The van der Waals surface area contributed by atoms with Crippen molar-refractivity contribution < 1.29 is 14.4 Å². The Balaban J connectivity index is 2.32. The SMILES string of the molecule is CN1C(=O)[C@H]2NC(=O)N[C@H]2N(C)C1=O. The lowest BCUT2D eigenvalue weighted by Crippen LogP contribution is -2.64. The number of fused-ring (bicyclic) bond motifs is 1. The molecule has 0 saturated carbocycles. The number of rotatable bonds is 0. The summed E-state index contributed by atoms with van der Waals surface area (Å²) in [6.45, 7) is 0. The summed E-state index contributed by atoms with van der Waals surface area (Å²) in [5, 5.41) is 4.95. The van der Waals surface area contributed by atoms with Gasteiger partial charge in [-0.3, -0.25) is 9.69 Å². The molecular weight excluding hydrogens is 188 g/mol. The Morgan fingerprint density at radius 2 is 1.79 bits per heavy atom. The molecule has 0 aromatic carbocycles. The highest BCUT2D eigenvalue weighted by Crippen LogP contribution is 2.16. The van der Waals surface area contributed by atoms with E-state index in [4.69, 9.17) is 0 Å². The maximum Gasteiger partial charge on any atom is 0.327 e. The number of hydrogen-bond acceptors (Lipinski definition) is 3. The molecule has 14 heavy (non-hydrogen) atoms. The highest BCUT2D eigenvalue weighted by atomic mass is 16.2. The van der Waals surface area contributed by atoms with Gasteiger partial charge in [-0.2, -0.15) is 0 Å². The summed E-state index contributed by atoms with van der Waals surface area (Å²) < 4.78 is 0. The second-order valence-electron chi connectivity index (χ2n) is 3.33. The van der Waals surface area contributed by atoms with Gasteiger partial charge in [0.25, 0.3) is 5.91 Å². The van der Waals surface area contributed by atoms with Gasteiger partial charge in [0.2, 0.25) is 0 Å². The van der Waals surface area contributed by atoms with Gasteiger partial charge in [0.1, 0.15) is 12.2 Å². The summed E-state index contributed by atoms with van der Waals surface area (Å²) in [6.07, 6.45) is -0.571. The van der Waals surface area contributed by atoms with E-state index in [1.54, 1.807) is 0 Å². The second kappa shape index (κ2) is 2.60. The van der Waals surface area contributed by atoms with Gasteiger partial charge in [-0.25, -0.2) is 9.59 Å². The van der Waals surface area contributed by atoms with Crippen LogP contribution in [0.25, 0.3) is 0 Å². The van der Waals surface area contributed by atoms with Gasteiger partial charge < -0.3 is 15.5 Å². The van der Waals surface area contributed by atoms with E-state index in [9.17, 15) is 14.4 Å². The normalized spacial score (nSPS) is 31.4. The first-order valence-electron chi connectivity index (χ1n) is 4.14. The van der Waals surface area contributed by atoms with Crippen LogP contribution in [-0.4, -0.2) is 54.1 Å². The Kier molecular flexibility index (Phi) is 1.63. The molecule has 2 aliphatic rings. The molecule has 76 valence electrons. The lowest BCUT2D eigenvalue weighted by Gasteiger charge is -2.36. The third-order valence-electron chi connectivity index (χ3n) is 2.48. The van der Waals surface area contributed by atoms with Crippen LogP contribution in [0.15, 0.2) is 0 Å².